The lowest BCUT2D eigenvalue weighted by Crippen LogP contribution is -2.29. The van der Waals surface area contributed by atoms with Gasteiger partial charge in [-0.05, 0) is 30.7 Å². The van der Waals surface area contributed by atoms with E-state index in [1.807, 2.05) is 0 Å². The maximum Gasteiger partial charge on any atom is 0.338 e. The fourth-order valence-corrected chi connectivity index (χ4v) is 2.72. The van der Waals surface area contributed by atoms with Crippen LogP contribution in [0.1, 0.15) is 23.2 Å². The van der Waals surface area contributed by atoms with Gasteiger partial charge in [0.25, 0.3) is 0 Å². The molecule has 0 saturated carbocycles. The largest absolute Gasteiger partial charge is 0.460 e. The van der Waals surface area contributed by atoms with Crippen LogP contribution >= 0.6 is 0 Å². The number of anilines is 1. The highest BCUT2D eigenvalue weighted by Gasteiger charge is 2.20. The smallest absolute Gasteiger partial charge is 0.338 e. The molecular weight excluding hydrogens is 308 g/mol. The van der Waals surface area contributed by atoms with E-state index in [-0.39, 0.29) is 12.5 Å². The van der Waals surface area contributed by atoms with Gasteiger partial charge in [-0.1, -0.05) is 0 Å². The zero-order valence-electron chi connectivity index (χ0n) is 12.2. The maximum atomic E-state index is 11.8. The van der Waals surface area contributed by atoms with Crippen molar-refractivity contribution in [3.8, 4) is 0 Å². The lowest BCUT2D eigenvalue weighted by Gasteiger charge is -2.15. The van der Waals surface area contributed by atoms with Crippen LogP contribution in [-0.4, -0.2) is 51.1 Å². The van der Waals surface area contributed by atoms with Gasteiger partial charge in [-0.2, -0.15) is 0 Å². The Hall–Kier alpha value is -2.09. The quantitative estimate of drug-likeness (QED) is 0.782. The average Bonchev–Trinajstić information content (AvgIpc) is 2.83. The Morgan fingerprint density at radius 2 is 2.00 bits per heavy atom. The van der Waals surface area contributed by atoms with E-state index in [0.717, 1.165) is 12.7 Å². The fourth-order valence-electron chi connectivity index (χ4n) is 2.16. The van der Waals surface area contributed by atoms with Crippen LogP contribution in [0.15, 0.2) is 24.3 Å². The summed E-state index contributed by atoms with van der Waals surface area (Å²) >= 11 is 0. The van der Waals surface area contributed by atoms with Crippen LogP contribution in [0.25, 0.3) is 0 Å². The lowest BCUT2D eigenvalue weighted by molar-refractivity contribution is -0.128. The SMILES string of the molecule is CS(=O)(=O)Nc1ccc(C(=O)OCCN2CCCC2=O)cc1. The molecule has 1 amide bonds. The van der Waals surface area contributed by atoms with Crippen molar-refractivity contribution in [3.05, 3.63) is 29.8 Å². The van der Waals surface area contributed by atoms with Crippen molar-refractivity contribution in [2.75, 3.05) is 30.7 Å². The number of carbonyl (C=O) groups is 2. The van der Waals surface area contributed by atoms with Gasteiger partial charge in [0.05, 0.1) is 18.4 Å². The highest BCUT2D eigenvalue weighted by molar-refractivity contribution is 7.92. The number of likely N-dealkylation sites (tertiary alicyclic amines) is 1. The minimum Gasteiger partial charge on any atom is -0.460 e. The van der Waals surface area contributed by atoms with Crippen LogP contribution in [0.5, 0.6) is 0 Å². The van der Waals surface area contributed by atoms with E-state index in [1.54, 1.807) is 4.90 Å². The Kier molecular flexibility index (Phi) is 5.02. The maximum absolute atomic E-state index is 11.8. The number of nitrogens with one attached hydrogen (secondary N) is 1. The van der Waals surface area contributed by atoms with Crippen LogP contribution < -0.4 is 4.72 Å². The van der Waals surface area contributed by atoms with E-state index >= 15 is 0 Å². The monoisotopic (exact) mass is 326 g/mol. The molecule has 1 aromatic carbocycles. The zero-order chi connectivity index (χ0) is 16.2. The summed E-state index contributed by atoms with van der Waals surface area (Å²) in [6.07, 6.45) is 2.46. The summed E-state index contributed by atoms with van der Waals surface area (Å²) in [6.45, 7) is 1.26. The highest BCUT2D eigenvalue weighted by atomic mass is 32.2. The van der Waals surface area contributed by atoms with Crippen molar-refractivity contribution in [1.82, 2.24) is 4.90 Å². The Bertz CT molecular complexity index is 654. The standard InChI is InChI=1S/C14H18N2O5S/c1-22(19,20)15-12-6-4-11(5-7-12)14(18)21-10-9-16-8-2-3-13(16)17/h4-7,15H,2-3,8-10H2,1H3. The van der Waals surface area contributed by atoms with Gasteiger partial charge in [0, 0.05) is 18.7 Å². The number of rotatable bonds is 6. The van der Waals surface area contributed by atoms with Crippen LogP contribution in [0, 0.1) is 0 Å². The predicted octanol–water partition coefficient (Wildman–Crippen LogP) is 0.837. The third-order valence-electron chi connectivity index (χ3n) is 3.19. The Morgan fingerprint density at radius 1 is 1.32 bits per heavy atom. The first-order chi connectivity index (χ1) is 10.3. The van der Waals surface area contributed by atoms with Crippen molar-refractivity contribution in [2.24, 2.45) is 0 Å². The Morgan fingerprint density at radius 3 is 2.55 bits per heavy atom. The van der Waals surface area contributed by atoms with E-state index in [2.05, 4.69) is 4.72 Å². The van der Waals surface area contributed by atoms with Crippen LogP contribution in [0.2, 0.25) is 0 Å². The summed E-state index contributed by atoms with van der Waals surface area (Å²) in [6, 6.07) is 5.94. The number of carbonyl (C=O) groups excluding carboxylic acids is 2. The van der Waals surface area contributed by atoms with Gasteiger partial charge in [-0.15, -0.1) is 0 Å². The van der Waals surface area contributed by atoms with Crippen LogP contribution in [-0.2, 0) is 19.6 Å². The van der Waals surface area contributed by atoms with E-state index in [9.17, 15) is 18.0 Å². The predicted molar refractivity (Wildman–Crippen MR) is 81.0 cm³/mol. The number of amides is 1. The molecule has 0 radical (unpaired) electrons. The summed E-state index contributed by atoms with van der Waals surface area (Å²) in [4.78, 5) is 24.9. The summed E-state index contributed by atoms with van der Waals surface area (Å²) in [7, 11) is -3.34. The van der Waals surface area contributed by atoms with Gasteiger partial charge in [-0.25, -0.2) is 13.2 Å². The number of hydrogen-bond acceptors (Lipinski definition) is 5. The van der Waals surface area contributed by atoms with Crippen molar-refractivity contribution >= 4 is 27.6 Å². The molecule has 0 aromatic heterocycles. The molecule has 1 aromatic rings. The molecule has 1 aliphatic heterocycles. The molecule has 22 heavy (non-hydrogen) atoms. The molecule has 2 rings (SSSR count). The van der Waals surface area contributed by atoms with Crippen molar-refractivity contribution in [3.63, 3.8) is 0 Å². The van der Waals surface area contributed by atoms with Crippen molar-refractivity contribution in [1.29, 1.82) is 0 Å². The minimum absolute atomic E-state index is 0.0900. The van der Waals surface area contributed by atoms with E-state index in [1.165, 1.54) is 24.3 Å². The third kappa shape index (κ3) is 4.73. The van der Waals surface area contributed by atoms with E-state index in [4.69, 9.17) is 4.74 Å². The molecule has 1 N–H and O–H groups in total. The number of ether oxygens (including phenoxy) is 1. The molecule has 120 valence electrons. The molecular formula is C14H18N2O5S. The first-order valence-corrected chi connectivity index (χ1v) is 8.77. The van der Waals surface area contributed by atoms with Crippen LogP contribution in [0.4, 0.5) is 5.69 Å². The molecule has 1 saturated heterocycles. The van der Waals surface area contributed by atoms with Gasteiger partial charge in [0.1, 0.15) is 6.61 Å². The van der Waals surface area contributed by atoms with Gasteiger partial charge < -0.3 is 9.64 Å². The van der Waals surface area contributed by atoms with Crippen LogP contribution in [0.3, 0.4) is 0 Å². The number of hydrogen-bond donors (Lipinski definition) is 1. The second-order valence-corrected chi connectivity index (χ2v) is 6.82. The molecule has 1 fully saturated rings. The number of nitrogens with zero attached hydrogens (tertiary/aromatic N) is 1. The first-order valence-electron chi connectivity index (χ1n) is 6.88. The topological polar surface area (TPSA) is 92.8 Å². The van der Waals surface area contributed by atoms with Crippen molar-refractivity contribution in [2.45, 2.75) is 12.8 Å². The summed E-state index contributed by atoms with van der Waals surface area (Å²) in [5.74, 6) is -0.412. The summed E-state index contributed by atoms with van der Waals surface area (Å²) in [5.41, 5.74) is 0.702. The molecule has 0 bridgehead atoms. The first kappa shape index (κ1) is 16.3. The minimum atomic E-state index is -3.34. The molecule has 7 nitrogen and oxygen atoms in total. The molecule has 1 heterocycles. The third-order valence-corrected chi connectivity index (χ3v) is 3.80. The molecule has 0 aliphatic carbocycles. The second kappa shape index (κ2) is 6.78. The van der Waals surface area contributed by atoms with Gasteiger partial charge in [0.2, 0.25) is 15.9 Å². The van der Waals surface area contributed by atoms with Gasteiger partial charge in [0.15, 0.2) is 0 Å². The molecule has 0 unspecified atom stereocenters. The van der Waals surface area contributed by atoms with E-state index < -0.39 is 16.0 Å². The number of benzene rings is 1. The average molecular weight is 326 g/mol. The second-order valence-electron chi connectivity index (χ2n) is 5.07. The highest BCUT2D eigenvalue weighted by Crippen LogP contribution is 2.12. The summed E-state index contributed by atoms with van der Waals surface area (Å²) < 4.78 is 29.6. The van der Waals surface area contributed by atoms with E-state index in [0.29, 0.717) is 30.8 Å². The zero-order valence-corrected chi connectivity index (χ0v) is 13.1. The lowest BCUT2D eigenvalue weighted by atomic mass is 10.2. The molecule has 0 spiro atoms. The van der Waals surface area contributed by atoms with Crippen molar-refractivity contribution < 1.29 is 22.7 Å². The van der Waals surface area contributed by atoms with Gasteiger partial charge in [-0.3, -0.25) is 9.52 Å². The molecule has 8 heteroatoms. The Labute approximate surface area is 129 Å². The normalized spacial score (nSPS) is 15.0. The summed E-state index contributed by atoms with van der Waals surface area (Å²) in [5, 5.41) is 0. The molecule has 0 atom stereocenters. The number of sulfonamides is 1. The molecule has 1 aliphatic rings. The number of esters is 1. The Balaban J connectivity index is 1.83. The fraction of sp³-hybridized carbons (Fsp3) is 0.429. The van der Waals surface area contributed by atoms with Gasteiger partial charge >= 0.3 is 5.97 Å².